The van der Waals surface area contributed by atoms with E-state index < -0.39 is 0 Å². The van der Waals surface area contributed by atoms with E-state index in [9.17, 15) is 0 Å². The van der Waals surface area contributed by atoms with Crippen molar-refractivity contribution in [2.75, 3.05) is 25.9 Å². The molecular formula is C5H11ClO2. The summed E-state index contributed by atoms with van der Waals surface area (Å²) in [6, 6.07) is 0.257. The number of rotatable bonds is 5. The van der Waals surface area contributed by atoms with Crippen LogP contribution in [0.15, 0.2) is 0 Å². The van der Waals surface area contributed by atoms with Crippen LogP contribution in [-0.2, 0) is 9.47 Å². The molecule has 0 radical (unpaired) electrons. The van der Waals surface area contributed by atoms with Crippen LogP contribution in [0.1, 0.15) is 6.92 Å². The normalized spacial score (nSPS) is 9.75. The molecule has 0 rings (SSSR count). The van der Waals surface area contributed by atoms with Gasteiger partial charge in [-0.05, 0) is 6.92 Å². The number of alkyl halides is 1. The van der Waals surface area contributed by atoms with Crippen LogP contribution in [0, 0.1) is 0 Å². The zero-order valence-electron chi connectivity index (χ0n) is 5.02. The summed E-state index contributed by atoms with van der Waals surface area (Å²) < 4.78 is 9.73. The molecule has 0 saturated carbocycles. The van der Waals surface area contributed by atoms with Crippen molar-refractivity contribution in [3.8, 4) is 0 Å². The van der Waals surface area contributed by atoms with E-state index in [0.29, 0.717) is 13.2 Å². The minimum Gasteiger partial charge on any atom is -0.379 e. The summed E-state index contributed by atoms with van der Waals surface area (Å²) in [5.74, 6) is 0. The lowest BCUT2D eigenvalue weighted by atomic mass is 10.7. The molecule has 0 N–H and O–H groups in total. The lowest BCUT2D eigenvalue weighted by molar-refractivity contribution is 0.0707. The van der Waals surface area contributed by atoms with E-state index in [4.69, 9.17) is 21.1 Å². The summed E-state index contributed by atoms with van der Waals surface area (Å²) in [7, 11) is 0. The number of ether oxygens (including phenoxy) is 2. The van der Waals surface area contributed by atoms with E-state index in [-0.39, 0.29) is 6.07 Å². The third-order valence-corrected chi connectivity index (χ3v) is 0.808. The van der Waals surface area contributed by atoms with Crippen molar-refractivity contribution in [1.82, 2.24) is 0 Å². The number of hydrogen-bond acceptors (Lipinski definition) is 2. The van der Waals surface area contributed by atoms with Crippen molar-refractivity contribution in [3.63, 3.8) is 0 Å². The van der Waals surface area contributed by atoms with Gasteiger partial charge < -0.3 is 9.47 Å². The van der Waals surface area contributed by atoms with Crippen molar-refractivity contribution in [3.05, 3.63) is 0 Å². The van der Waals surface area contributed by atoms with Gasteiger partial charge in [-0.15, -0.1) is 0 Å². The SMILES string of the molecule is CCOCCOCCl. The van der Waals surface area contributed by atoms with E-state index in [0.717, 1.165) is 6.61 Å². The minimum absolute atomic E-state index is 0.257. The molecule has 0 aromatic heterocycles. The van der Waals surface area contributed by atoms with Crippen LogP contribution in [0.5, 0.6) is 0 Å². The van der Waals surface area contributed by atoms with E-state index in [2.05, 4.69) is 0 Å². The van der Waals surface area contributed by atoms with Gasteiger partial charge in [0.2, 0.25) is 0 Å². The maximum absolute atomic E-state index is 5.20. The molecule has 0 aliphatic heterocycles. The fraction of sp³-hybridized carbons (Fsp3) is 1.00. The first kappa shape index (κ1) is 8.21. The molecule has 8 heavy (non-hydrogen) atoms. The van der Waals surface area contributed by atoms with Crippen LogP contribution in [0.4, 0.5) is 0 Å². The topological polar surface area (TPSA) is 18.5 Å². The van der Waals surface area contributed by atoms with Crippen molar-refractivity contribution in [2.24, 2.45) is 0 Å². The fourth-order valence-corrected chi connectivity index (χ4v) is 0.426. The van der Waals surface area contributed by atoms with Crippen LogP contribution in [-0.4, -0.2) is 25.9 Å². The quantitative estimate of drug-likeness (QED) is 0.420. The van der Waals surface area contributed by atoms with Gasteiger partial charge in [0.15, 0.2) is 0 Å². The Labute approximate surface area is 54.7 Å². The Bertz CT molecular complexity index is 35.4. The van der Waals surface area contributed by atoms with Crippen LogP contribution < -0.4 is 0 Å². The van der Waals surface area contributed by atoms with Crippen LogP contribution in [0.3, 0.4) is 0 Å². The van der Waals surface area contributed by atoms with E-state index in [1.165, 1.54) is 0 Å². The second-order valence-corrected chi connectivity index (χ2v) is 1.43. The maximum atomic E-state index is 5.20. The smallest absolute Gasteiger partial charge is 0.120 e. The lowest BCUT2D eigenvalue weighted by Gasteiger charge is -1.98. The predicted molar refractivity (Wildman–Crippen MR) is 33.2 cm³/mol. The largest absolute Gasteiger partial charge is 0.379 e. The van der Waals surface area contributed by atoms with Crippen LogP contribution in [0.25, 0.3) is 0 Å². The van der Waals surface area contributed by atoms with Gasteiger partial charge in [0.25, 0.3) is 0 Å². The van der Waals surface area contributed by atoms with E-state index >= 15 is 0 Å². The van der Waals surface area contributed by atoms with Crippen molar-refractivity contribution in [2.45, 2.75) is 6.92 Å². The third-order valence-electron chi connectivity index (χ3n) is 0.653. The highest BCUT2D eigenvalue weighted by molar-refractivity contribution is 6.17. The Kier molecular flexibility index (Phi) is 7.40. The molecule has 0 aromatic carbocycles. The van der Waals surface area contributed by atoms with Crippen molar-refractivity contribution < 1.29 is 9.47 Å². The Balaban J connectivity index is 2.53. The molecule has 0 fully saturated rings. The molecule has 0 unspecified atom stereocenters. The summed E-state index contributed by atoms with van der Waals surface area (Å²) in [6.45, 7) is 3.92. The van der Waals surface area contributed by atoms with Gasteiger partial charge in [0, 0.05) is 6.61 Å². The van der Waals surface area contributed by atoms with Crippen molar-refractivity contribution in [1.29, 1.82) is 0 Å². The number of hydrogen-bond donors (Lipinski definition) is 0. The highest BCUT2D eigenvalue weighted by atomic mass is 35.5. The van der Waals surface area contributed by atoms with Gasteiger partial charge in [0.1, 0.15) is 6.07 Å². The average Bonchev–Trinajstić information content (AvgIpc) is 1.81. The lowest BCUT2D eigenvalue weighted by Crippen LogP contribution is -2.02. The highest BCUT2D eigenvalue weighted by Crippen LogP contribution is 1.79. The van der Waals surface area contributed by atoms with Gasteiger partial charge in [-0.3, -0.25) is 0 Å². The second-order valence-electron chi connectivity index (χ2n) is 1.21. The zero-order chi connectivity index (χ0) is 6.24. The zero-order valence-corrected chi connectivity index (χ0v) is 5.78. The molecule has 0 aliphatic carbocycles. The first-order valence-corrected chi connectivity index (χ1v) is 3.16. The Morgan fingerprint density at radius 3 is 2.38 bits per heavy atom. The molecule has 0 amide bonds. The first-order chi connectivity index (χ1) is 3.91. The van der Waals surface area contributed by atoms with Crippen LogP contribution in [0.2, 0.25) is 0 Å². The monoisotopic (exact) mass is 138 g/mol. The highest BCUT2D eigenvalue weighted by Gasteiger charge is 1.82. The maximum Gasteiger partial charge on any atom is 0.120 e. The minimum atomic E-state index is 0.257. The Morgan fingerprint density at radius 2 is 1.88 bits per heavy atom. The van der Waals surface area contributed by atoms with Gasteiger partial charge in [0.05, 0.1) is 13.2 Å². The molecule has 50 valence electrons. The van der Waals surface area contributed by atoms with Gasteiger partial charge in [-0.1, -0.05) is 11.6 Å². The Morgan fingerprint density at radius 1 is 1.25 bits per heavy atom. The van der Waals surface area contributed by atoms with E-state index in [1.807, 2.05) is 6.92 Å². The fourth-order valence-electron chi connectivity index (χ4n) is 0.317. The first-order valence-electron chi connectivity index (χ1n) is 2.63. The Hall–Kier alpha value is 0.210. The van der Waals surface area contributed by atoms with Gasteiger partial charge >= 0.3 is 0 Å². The molecule has 3 heteroatoms. The van der Waals surface area contributed by atoms with E-state index in [1.54, 1.807) is 0 Å². The van der Waals surface area contributed by atoms with Crippen LogP contribution >= 0.6 is 11.6 Å². The molecule has 0 atom stereocenters. The summed E-state index contributed by atoms with van der Waals surface area (Å²) in [4.78, 5) is 0. The summed E-state index contributed by atoms with van der Waals surface area (Å²) in [5.41, 5.74) is 0. The standard InChI is InChI=1S/C5H11ClO2/c1-2-7-3-4-8-5-6/h2-5H2,1H3. The summed E-state index contributed by atoms with van der Waals surface area (Å²) >= 11 is 5.20. The van der Waals surface area contributed by atoms with Gasteiger partial charge in [-0.2, -0.15) is 0 Å². The molecule has 0 aliphatic rings. The molecule has 0 spiro atoms. The summed E-state index contributed by atoms with van der Waals surface area (Å²) in [6.07, 6.45) is 0. The number of halogens is 1. The third kappa shape index (κ3) is 6.21. The second kappa shape index (κ2) is 7.21. The molecular weight excluding hydrogens is 128 g/mol. The summed E-state index contributed by atoms with van der Waals surface area (Å²) in [5, 5.41) is 0. The molecule has 2 nitrogen and oxygen atoms in total. The molecule has 0 saturated heterocycles. The van der Waals surface area contributed by atoms with Crippen molar-refractivity contribution >= 4 is 11.6 Å². The average molecular weight is 139 g/mol. The van der Waals surface area contributed by atoms with Gasteiger partial charge in [-0.25, -0.2) is 0 Å². The molecule has 0 aromatic rings. The molecule has 0 bridgehead atoms. The molecule has 0 heterocycles. The predicted octanol–water partition coefficient (Wildman–Crippen LogP) is 1.24.